The molecule has 2 N–H and O–H groups in total. The summed E-state index contributed by atoms with van der Waals surface area (Å²) >= 11 is 0. The number of amides is 1. The number of hydrogen-bond donors (Lipinski definition) is 1. The standard InChI is InChI=1S/C14H28N2O/c1-11(2)13-5-4-10-16(13)14(17)7-6-12(3)8-9-15/h11-13H,4-10,15H2,1-3H3. The number of likely N-dealkylation sites (tertiary alicyclic amines) is 1. The van der Waals surface area contributed by atoms with Gasteiger partial charge in [-0.25, -0.2) is 0 Å². The zero-order valence-electron chi connectivity index (χ0n) is 11.6. The van der Waals surface area contributed by atoms with Gasteiger partial charge in [-0.15, -0.1) is 0 Å². The average molecular weight is 240 g/mol. The first-order valence-corrected chi connectivity index (χ1v) is 7.05. The van der Waals surface area contributed by atoms with E-state index in [-0.39, 0.29) is 0 Å². The Balaban J connectivity index is 2.36. The normalized spacial score (nSPS) is 22.2. The molecule has 1 fully saturated rings. The molecule has 2 atom stereocenters. The number of carbonyl (C=O) groups excluding carboxylic acids is 1. The fourth-order valence-corrected chi connectivity index (χ4v) is 2.74. The molecule has 1 amide bonds. The van der Waals surface area contributed by atoms with Crippen molar-refractivity contribution in [1.29, 1.82) is 0 Å². The molecule has 0 bridgehead atoms. The molecule has 0 aromatic rings. The molecule has 17 heavy (non-hydrogen) atoms. The third-order valence-electron chi connectivity index (χ3n) is 3.90. The minimum atomic E-state index is 0.352. The average Bonchev–Trinajstić information content (AvgIpc) is 2.75. The predicted octanol–water partition coefficient (Wildman–Crippen LogP) is 2.40. The molecule has 1 aliphatic heterocycles. The number of rotatable bonds is 6. The molecule has 0 radical (unpaired) electrons. The summed E-state index contributed by atoms with van der Waals surface area (Å²) in [7, 11) is 0. The van der Waals surface area contributed by atoms with Crippen LogP contribution in [0.1, 0.15) is 52.9 Å². The third kappa shape index (κ3) is 4.30. The fourth-order valence-electron chi connectivity index (χ4n) is 2.74. The van der Waals surface area contributed by atoms with E-state index in [0.29, 0.717) is 30.2 Å². The van der Waals surface area contributed by atoms with Crippen molar-refractivity contribution < 1.29 is 4.79 Å². The summed E-state index contributed by atoms with van der Waals surface area (Å²) in [5, 5.41) is 0. The van der Waals surface area contributed by atoms with Gasteiger partial charge >= 0.3 is 0 Å². The molecule has 0 saturated carbocycles. The number of nitrogens with two attached hydrogens (primary N) is 1. The summed E-state index contributed by atoms with van der Waals surface area (Å²) in [4.78, 5) is 14.3. The first-order valence-electron chi connectivity index (χ1n) is 7.05. The maximum atomic E-state index is 12.2. The van der Waals surface area contributed by atoms with E-state index in [1.54, 1.807) is 0 Å². The van der Waals surface area contributed by atoms with Gasteiger partial charge in [0.05, 0.1) is 0 Å². The molecule has 0 spiro atoms. The minimum Gasteiger partial charge on any atom is -0.339 e. The van der Waals surface area contributed by atoms with Crippen molar-refractivity contribution in [3.63, 3.8) is 0 Å². The fraction of sp³-hybridized carbons (Fsp3) is 0.929. The van der Waals surface area contributed by atoms with Gasteiger partial charge in [0, 0.05) is 19.0 Å². The van der Waals surface area contributed by atoms with Crippen molar-refractivity contribution in [2.75, 3.05) is 13.1 Å². The molecule has 1 aliphatic rings. The molecule has 1 heterocycles. The molecule has 0 aromatic heterocycles. The van der Waals surface area contributed by atoms with E-state index < -0.39 is 0 Å². The van der Waals surface area contributed by atoms with Gasteiger partial charge in [-0.2, -0.15) is 0 Å². The molecular formula is C14H28N2O. The van der Waals surface area contributed by atoms with Gasteiger partial charge in [0.25, 0.3) is 0 Å². The smallest absolute Gasteiger partial charge is 0.222 e. The molecule has 100 valence electrons. The molecular weight excluding hydrogens is 212 g/mol. The highest BCUT2D eigenvalue weighted by atomic mass is 16.2. The van der Waals surface area contributed by atoms with Gasteiger partial charge in [-0.1, -0.05) is 20.8 Å². The van der Waals surface area contributed by atoms with E-state index >= 15 is 0 Å². The lowest BCUT2D eigenvalue weighted by molar-refractivity contribution is -0.133. The minimum absolute atomic E-state index is 0.352. The first-order chi connectivity index (χ1) is 8.06. The van der Waals surface area contributed by atoms with Crippen molar-refractivity contribution in [3.05, 3.63) is 0 Å². The van der Waals surface area contributed by atoms with E-state index in [4.69, 9.17) is 5.73 Å². The molecule has 3 heteroatoms. The highest BCUT2D eigenvalue weighted by Gasteiger charge is 2.30. The van der Waals surface area contributed by atoms with Crippen molar-refractivity contribution >= 4 is 5.91 Å². The highest BCUT2D eigenvalue weighted by molar-refractivity contribution is 5.76. The number of nitrogens with zero attached hydrogens (tertiary/aromatic N) is 1. The zero-order valence-corrected chi connectivity index (χ0v) is 11.6. The van der Waals surface area contributed by atoms with Gasteiger partial charge in [0.1, 0.15) is 0 Å². The summed E-state index contributed by atoms with van der Waals surface area (Å²) in [6.07, 6.45) is 5.07. The number of carbonyl (C=O) groups is 1. The predicted molar refractivity (Wildman–Crippen MR) is 71.6 cm³/mol. The molecule has 1 rings (SSSR count). The summed E-state index contributed by atoms with van der Waals surface area (Å²) in [5.74, 6) is 1.51. The van der Waals surface area contributed by atoms with Crippen LogP contribution in [0, 0.1) is 11.8 Å². The van der Waals surface area contributed by atoms with E-state index in [1.807, 2.05) is 0 Å². The van der Waals surface area contributed by atoms with Crippen LogP contribution < -0.4 is 5.73 Å². The SMILES string of the molecule is CC(CCN)CCC(=O)N1CCCC1C(C)C. The maximum absolute atomic E-state index is 12.2. The van der Waals surface area contributed by atoms with Crippen LogP contribution in [0.25, 0.3) is 0 Å². The molecule has 1 saturated heterocycles. The van der Waals surface area contributed by atoms with Gasteiger partial charge in [-0.3, -0.25) is 4.79 Å². The summed E-state index contributed by atoms with van der Waals surface area (Å²) < 4.78 is 0. The van der Waals surface area contributed by atoms with Crippen LogP contribution in [0.5, 0.6) is 0 Å². The topological polar surface area (TPSA) is 46.3 Å². The van der Waals surface area contributed by atoms with Crippen LogP contribution in [0.2, 0.25) is 0 Å². The second kappa shape index (κ2) is 7.00. The van der Waals surface area contributed by atoms with Crippen LogP contribution in [0.3, 0.4) is 0 Å². The zero-order chi connectivity index (χ0) is 12.8. The summed E-state index contributed by atoms with van der Waals surface area (Å²) in [6.45, 7) is 8.31. The largest absolute Gasteiger partial charge is 0.339 e. The van der Waals surface area contributed by atoms with E-state index in [9.17, 15) is 4.79 Å². The van der Waals surface area contributed by atoms with Crippen LogP contribution in [0.15, 0.2) is 0 Å². The Labute approximate surface area is 106 Å². The van der Waals surface area contributed by atoms with E-state index in [0.717, 1.165) is 25.9 Å². The van der Waals surface area contributed by atoms with Gasteiger partial charge < -0.3 is 10.6 Å². The maximum Gasteiger partial charge on any atom is 0.222 e. The molecule has 0 aromatic carbocycles. The van der Waals surface area contributed by atoms with E-state index in [1.165, 1.54) is 12.8 Å². The van der Waals surface area contributed by atoms with Crippen molar-refractivity contribution in [3.8, 4) is 0 Å². The molecule has 3 nitrogen and oxygen atoms in total. The third-order valence-corrected chi connectivity index (χ3v) is 3.90. The first kappa shape index (κ1) is 14.5. The second-order valence-electron chi connectivity index (χ2n) is 5.76. The Hall–Kier alpha value is -0.570. The highest BCUT2D eigenvalue weighted by Crippen LogP contribution is 2.25. The molecule has 0 aliphatic carbocycles. The van der Waals surface area contributed by atoms with E-state index in [2.05, 4.69) is 25.7 Å². The van der Waals surface area contributed by atoms with Crippen LogP contribution in [0.4, 0.5) is 0 Å². The van der Waals surface area contributed by atoms with Crippen LogP contribution >= 0.6 is 0 Å². The summed E-state index contributed by atoms with van der Waals surface area (Å²) in [5.41, 5.74) is 5.52. The lowest BCUT2D eigenvalue weighted by Gasteiger charge is -2.28. The Morgan fingerprint density at radius 1 is 1.35 bits per heavy atom. The Kier molecular flexibility index (Phi) is 5.96. The number of hydrogen-bond acceptors (Lipinski definition) is 2. The van der Waals surface area contributed by atoms with Crippen LogP contribution in [-0.4, -0.2) is 29.9 Å². The second-order valence-corrected chi connectivity index (χ2v) is 5.76. The van der Waals surface area contributed by atoms with Gasteiger partial charge in [0.2, 0.25) is 5.91 Å². The van der Waals surface area contributed by atoms with Crippen molar-refractivity contribution in [2.24, 2.45) is 17.6 Å². The van der Waals surface area contributed by atoms with Crippen LogP contribution in [-0.2, 0) is 4.79 Å². The summed E-state index contributed by atoms with van der Waals surface area (Å²) in [6, 6.07) is 0.479. The molecule has 2 unspecified atom stereocenters. The van der Waals surface area contributed by atoms with Gasteiger partial charge in [-0.05, 0) is 44.1 Å². The quantitative estimate of drug-likeness (QED) is 0.775. The Morgan fingerprint density at radius 2 is 2.06 bits per heavy atom. The lowest BCUT2D eigenvalue weighted by atomic mass is 9.99. The Bertz CT molecular complexity index is 240. The monoisotopic (exact) mass is 240 g/mol. The van der Waals surface area contributed by atoms with Crippen molar-refractivity contribution in [1.82, 2.24) is 4.90 Å². The Morgan fingerprint density at radius 3 is 2.65 bits per heavy atom. The van der Waals surface area contributed by atoms with Crippen molar-refractivity contribution in [2.45, 2.75) is 58.9 Å². The van der Waals surface area contributed by atoms with Gasteiger partial charge in [0.15, 0.2) is 0 Å². The lowest BCUT2D eigenvalue weighted by Crippen LogP contribution is -2.38.